The summed E-state index contributed by atoms with van der Waals surface area (Å²) >= 11 is 1.32. The van der Waals surface area contributed by atoms with Crippen molar-refractivity contribution >= 4 is 33.0 Å². The van der Waals surface area contributed by atoms with E-state index in [1.165, 1.54) is 23.5 Å². The predicted octanol–water partition coefficient (Wildman–Crippen LogP) is 2.28. The molecule has 1 heterocycles. The summed E-state index contributed by atoms with van der Waals surface area (Å²) in [6, 6.07) is 6.30. The van der Waals surface area contributed by atoms with E-state index in [0.717, 1.165) is 4.70 Å². The molecule has 20 heavy (non-hydrogen) atoms. The van der Waals surface area contributed by atoms with Crippen molar-refractivity contribution < 1.29 is 9.72 Å². The van der Waals surface area contributed by atoms with E-state index in [4.69, 9.17) is 5.73 Å². The number of amides is 1. The van der Waals surface area contributed by atoms with Crippen LogP contribution in [0.25, 0.3) is 10.1 Å². The smallest absolute Gasteiger partial charge is 0.270 e. The Morgan fingerprint density at radius 1 is 1.50 bits per heavy atom. The average molecular weight is 293 g/mol. The SMILES string of the molecule is CC(N)CCNC(=O)c1cc2cc([N+](=O)[O-])ccc2s1. The van der Waals surface area contributed by atoms with Crippen molar-refractivity contribution in [1.29, 1.82) is 0 Å². The fourth-order valence-corrected chi connectivity index (χ4v) is 2.72. The summed E-state index contributed by atoms with van der Waals surface area (Å²) in [5.41, 5.74) is 5.64. The molecule has 0 saturated carbocycles. The summed E-state index contributed by atoms with van der Waals surface area (Å²) in [7, 11) is 0. The van der Waals surface area contributed by atoms with Crippen molar-refractivity contribution in [2.24, 2.45) is 5.73 Å². The zero-order valence-corrected chi connectivity index (χ0v) is 11.8. The van der Waals surface area contributed by atoms with Crippen molar-refractivity contribution in [2.45, 2.75) is 19.4 Å². The van der Waals surface area contributed by atoms with Gasteiger partial charge in [0.1, 0.15) is 0 Å². The predicted molar refractivity (Wildman–Crippen MR) is 79.1 cm³/mol. The number of nitro benzene ring substituents is 1. The number of nitrogens with one attached hydrogen (secondary N) is 1. The molecule has 1 aromatic heterocycles. The Hall–Kier alpha value is -1.99. The number of hydrogen-bond donors (Lipinski definition) is 2. The summed E-state index contributed by atoms with van der Waals surface area (Å²) < 4.78 is 0.855. The van der Waals surface area contributed by atoms with E-state index in [1.54, 1.807) is 12.1 Å². The van der Waals surface area contributed by atoms with Crippen LogP contribution in [-0.2, 0) is 0 Å². The van der Waals surface area contributed by atoms with Crippen LogP contribution in [0.1, 0.15) is 23.0 Å². The summed E-state index contributed by atoms with van der Waals surface area (Å²) in [4.78, 5) is 22.7. The van der Waals surface area contributed by atoms with Crippen LogP contribution in [0.4, 0.5) is 5.69 Å². The minimum atomic E-state index is -0.445. The Bertz CT molecular complexity index is 651. The highest BCUT2D eigenvalue weighted by Gasteiger charge is 2.13. The summed E-state index contributed by atoms with van der Waals surface area (Å²) in [6.07, 6.45) is 0.710. The van der Waals surface area contributed by atoms with Gasteiger partial charge >= 0.3 is 0 Å². The highest BCUT2D eigenvalue weighted by molar-refractivity contribution is 7.20. The van der Waals surface area contributed by atoms with Gasteiger partial charge in [0.15, 0.2) is 0 Å². The number of nitrogens with two attached hydrogens (primary N) is 1. The molecule has 0 bridgehead atoms. The molecular formula is C13H15N3O3S. The molecule has 2 rings (SSSR count). The molecule has 0 aliphatic heterocycles. The van der Waals surface area contributed by atoms with Gasteiger partial charge in [-0.05, 0) is 25.5 Å². The third-order valence-electron chi connectivity index (χ3n) is 2.82. The van der Waals surface area contributed by atoms with Crippen LogP contribution < -0.4 is 11.1 Å². The zero-order chi connectivity index (χ0) is 14.7. The van der Waals surface area contributed by atoms with Gasteiger partial charge < -0.3 is 11.1 Å². The lowest BCUT2D eigenvalue weighted by Crippen LogP contribution is -2.28. The van der Waals surface area contributed by atoms with E-state index in [1.807, 2.05) is 6.92 Å². The van der Waals surface area contributed by atoms with Crippen molar-refractivity contribution in [3.05, 3.63) is 39.3 Å². The first-order valence-corrected chi connectivity index (χ1v) is 7.01. The van der Waals surface area contributed by atoms with Crippen LogP contribution in [0.5, 0.6) is 0 Å². The fourth-order valence-electron chi connectivity index (χ4n) is 1.76. The van der Waals surface area contributed by atoms with Crippen molar-refractivity contribution in [1.82, 2.24) is 5.32 Å². The topological polar surface area (TPSA) is 98.3 Å². The van der Waals surface area contributed by atoms with Gasteiger partial charge in [0.05, 0.1) is 9.80 Å². The molecule has 1 aromatic carbocycles. The minimum absolute atomic E-state index is 0.0271. The van der Waals surface area contributed by atoms with Crippen LogP contribution in [0.15, 0.2) is 24.3 Å². The number of hydrogen-bond acceptors (Lipinski definition) is 5. The number of benzene rings is 1. The number of carbonyl (C=O) groups excluding carboxylic acids is 1. The van der Waals surface area contributed by atoms with Gasteiger partial charge in [0.2, 0.25) is 0 Å². The number of nitro groups is 1. The molecule has 6 nitrogen and oxygen atoms in total. The van der Waals surface area contributed by atoms with Crippen molar-refractivity contribution in [3.8, 4) is 0 Å². The van der Waals surface area contributed by atoms with E-state index < -0.39 is 4.92 Å². The molecule has 0 spiro atoms. The Morgan fingerprint density at radius 2 is 2.25 bits per heavy atom. The first-order chi connectivity index (χ1) is 9.47. The Balaban J connectivity index is 2.14. The Labute approximate surface area is 119 Å². The molecule has 7 heteroatoms. The maximum atomic E-state index is 11.9. The first-order valence-electron chi connectivity index (χ1n) is 6.19. The van der Waals surface area contributed by atoms with Gasteiger partial charge in [-0.15, -0.1) is 11.3 Å². The molecule has 3 N–H and O–H groups in total. The maximum absolute atomic E-state index is 11.9. The van der Waals surface area contributed by atoms with Gasteiger partial charge in [-0.3, -0.25) is 14.9 Å². The number of thiophene rings is 1. The van der Waals surface area contributed by atoms with E-state index in [2.05, 4.69) is 5.32 Å². The lowest BCUT2D eigenvalue weighted by molar-refractivity contribution is -0.384. The normalized spacial score (nSPS) is 12.3. The highest BCUT2D eigenvalue weighted by atomic mass is 32.1. The molecule has 2 aromatic rings. The quantitative estimate of drug-likeness (QED) is 0.652. The fraction of sp³-hybridized carbons (Fsp3) is 0.308. The second kappa shape index (κ2) is 5.98. The van der Waals surface area contributed by atoms with Crippen molar-refractivity contribution in [2.75, 3.05) is 6.54 Å². The van der Waals surface area contributed by atoms with Gasteiger partial charge in [-0.25, -0.2) is 0 Å². The number of nitrogens with zero attached hydrogens (tertiary/aromatic N) is 1. The second-order valence-electron chi connectivity index (χ2n) is 4.61. The first kappa shape index (κ1) is 14.4. The van der Waals surface area contributed by atoms with E-state index >= 15 is 0 Å². The molecule has 1 amide bonds. The van der Waals surface area contributed by atoms with Crippen LogP contribution in [-0.4, -0.2) is 23.4 Å². The van der Waals surface area contributed by atoms with Gasteiger partial charge in [-0.2, -0.15) is 0 Å². The van der Waals surface area contributed by atoms with Crippen LogP contribution in [0.2, 0.25) is 0 Å². The number of non-ortho nitro benzene ring substituents is 1. The summed E-state index contributed by atoms with van der Waals surface area (Å²) in [5, 5.41) is 14.2. The molecule has 1 atom stereocenters. The monoisotopic (exact) mass is 293 g/mol. The Kier molecular flexibility index (Phi) is 4.31. The van der Waals surface area contributed by atoms with E-state index in [-0.39, 0.29) is 17.6 Å². The van der Waals surface area contributed by atoms with Gasteiger partial charge in [-0.1, -0.05) is 0 Å². The van der Waals surface area contributed by atoms with Gasteiger partial charge in [0.25, 0.3) is 11.6 Å². The Morgan fingerprint density at radius 3 is 2.90 bits per heavy atom. The van der Waals surface area contributed by atoms with E-state index in [9.17, 15) is 14.9 Å². The minimum Gasteiger partial charge on any atom is -0.351 e. The molecule has 106 valence electrons. The van der Waals surface area contributed by atoms with Crippen molar-refractivity contribution in [3.63, 3.8) is 0 Å². The van der Waals surface area contributed by atoms with Crippen LogP contribution in [0, 0.1) is 10.1 Å². The van der Waals surface area contributed by atoms with E-state index in [0.29, 0.717) is 23.2 Å². The molecule has 0 saturated heterocycles. The zero-order valence-electron chi connectivity index (χ0n) is 11.0. The molecular weight excluding hydrogens is 278 g/mol. The highest BCUT2D eigenvalue weighted by Crippen LogP contribution is 2.28. The molecule has 0 aliphatic carbocycles. The largest absolute Gasteiger partial charge is 0.351 e. The maximum Gasteiger partial charge on any atom is 0.270 e. The number of carbonyl (C=O) groups is 1. The molecule has 0 aliphatic rings. The third-order valence-corrected chi connectivity index (χ3v) is 3.93. The third kappa shape index (κ3) is 3.31. The molecule has 0 radical (unpaired) electrons. The summed E-state index contributed by atoms with van der Waals surface area (Å²) in [6.45, 7) is 2.40. The standard InChI is InChI=1S/C13H15N3O3S/c1-8(14)4-5-15-13(17)12-7-9-6-10(16(18)19)2-3-11(9)20-12/h2-3,6-8H,4-5,14H2,1H3,(H,15,17). The van der Waals surface area contributed by atoms with Crippen LogP contribution in [0.3, 0.4) is 0 Å². The average Bonchev–Trinajstić information content (AvgIpc) is 2.80. The summed E-state index contributed by atoms with van der Waals surface area (Å²) in [5.74, 6) is -0.172. The van der Waals surface area contributed by atoms with Gasteiger partial charge in [0, 0.05) is 34.8 Å². The molecule has 1 unspecified atom stereocenters. The molecule has 0 fully saturated rings. The lowest BCUT2D eigenvalue weighted by Gasteiger charge is -2.05. The number of rotatable bonds is 5. The van der Waals surface area contributed by atoms with Crippen LogP contribution >= 0.6 is 11.3 Å². The second-order valence-corrected chi connectivity index (χ2v) is 5.70. The number of fused-ring (bicyclic) bond motifs is 1. The lowest BCUT2D eigenvalue weighted by atomic mass is 10.2.